The molecule has 3 nitrogen and oxygen atoms in total. The molecule has 0 saturated carbocycles. The Balaban J connectivity index is 1.77. The first-order valence-corrected chi connectivity index (χ1v) is 9.15. The van der Waals surface area contributed by atoms with Gasteiger partial charge in [0.05, 0.1) is 6.61 Å². The lowest BCUT2D eigenvalue weighted by atomic mass is 10.2. The Kier molecular flexibility index (Phi) is 5.83. The van der Waals surface area contributed by atoms with Crippen molar-refractivity contribution >= 4 is 17.4 Å². The Morgan fingerprint density at radius 3 is 2.74 bits per heavy atom. The summed E-state index contributed by atoms with van der Waals surface area (Å²) in [7, 11) is 0. The highest BCUT2D eigenvalue weighted by Crippen LogP contribution is 2.31. The van der Waals surface area contributed by atoms with Crippen molar-refractivity contribution in [3.63, 3.8) is 0 Å². The SMILES string of the molecule is CCCSc1ccccc1OC1COCCN1c1ccccc1. The maximum absolute atomic E-state index is 6.33. The van der Waals surface area contributed by atoms with Crippen LogP contribution in [0.25, 0.3) is 0 Å². The van der Waals surface area contributed by atoms with Crippen LogP contribution >= 0.6 is 11.8 Å². The number of morpholine rings is 1. The van der Waals surface area contributed by atoms with E-state index >= 15 is 0 Å². The largest absolute Gasteiger partial charge is 0.467 e. The summed E-state index contributed by atoms with van der Waals surface area (Å²) in [6.45, 7) is 4.37. The molecule has 23 heavy (non-hydrogen) atoms. The van der Waals surface area contributed by atoms with Crippen LogP contribution in [0, 0.1) is 0 Å². The molecule has 4 heteroatoms. The summed E-state index contributed by atoms with van der Waals surface area (Å²) in [5, 5.41) is 0. The standard InChI is InChI=1S/C19H23NO2S/c1-2-14-23-18-11-7-6-10-17(18)22-19-15-21-13-12-20(19)16-8-4-3-5-9-16/h3-11,19H,2,12-15H2,1H3. The summed E-state index contributed by atoms with van der Waals surface area (Å²) in [6.07, 6.45) is 1.07. The van der Waals surface area contributed by atoms with E-state index in [-0.39, 0.29) is 6.23 Å². The maximum Gasteiger partial charge on any atom is 0.196 e. The average Bonchev–Trinajstić information content (AvgIpc) is 2.62. The van der Waals surface area contributed by atoms with Gasteiger partial charge in [0.15, 0.2) is 6.23 Å². The zero-order valence-corrected chi connectivity index (χ0v) is 14.3. The Hall–Kier alpha value is -1.65. The average molecular weight is 329 g/mol. The van der Waals surface area contributed by atoms with Crippen LogP contribution < -0.4 is 9.64 Å². The molecule has 1 aliphatic rings. The molecular formula is C19H23NO2S. The van der Waals surface area contributed by atoms with Crippen LogP contribution in [-0.2, 0) is 4.74 Å². The molecule has 1 atom stereocenters. The second kappa shape index (κ2) is 8.27. The van der Waals surface area contributed by atoms with E-state index in [0.29, 0.717) is 6.61 Å². The fourth-order valence-corrected chi connectivity index (χ4v) is 3.48. The number of thioether (sulfide) groups is 1. The molecule has 0 aliphatic carbocycles. The fraction of sp³-hybridized carbons (Fsp3) is 0.368. The van der Waals surface area contributed by atoms with Gasteiger partial charge in [0.1, 0.15) is 12.4 Å². The minimum atomic E-state index is -0.0884. The molecule has 1 unspecified atom stereocenters. The van der Waals surface area contributed by atoms with Gasteiger partial charge in [-0.2, -0.15) is 0 Å². The zero-order chi connectivity index (χ0) is 15.9. The minimum Gasteiger partial charge on any atom is -0.467 e. The molecule has 1 saturated heterocycles. The molecule has 1 aliphatic heterocycles. The molecule has 3 rings (SSSR count). The molecule has 0 spiro atoms. The molecule has 1 heterocycles. The van der Waals surface area contributed by atoms with Crippen LogP contribution in [-0.4, -0.2) is 31.7 Å². The molecular weight excluding hydrogens is 306 g/mol. The van der Waals surface area contributed by atoms with Crippen LogP contribution in [0.1, 0.15) is 13.3 Å². The van der Waals surface area contributed by atoms with Gasteiger partial charge in [-0.1, -0.05) is 37.3 Å². The molecule has 1 fully saturated rings. The van der Waals surface area contributed by atoms with Crippen LogP contribution in [0.3, 0.4) is 0 Å². The Labute approximate surface area is 142 Å². The van der Waals surface area contributed by atoms with Crippen LogP contribution in [0.4, 0.5) is 5.69 Å². The second-order valence-electron chi connectivity index (χ2n) is 5.47. The fourth-order valence-electron chi connectivity index (χ4n) is 2.62. The minimum absolute atomic E-state index is 0.0884. The third kappa shape index (κ3) is 4.21. The number of ether oxygens (including phenoxy) is 2. The lowest BCUT2D eigenvalue weighted by molar-refractivity contribution is 0.0181. The van der Waals surface area contributed by atoms with E-state index in [2.05, 4.69) is 54.3 Å². The van der Waals surface area contributed by atoms with Gasteiger partial charge in [0.25, 0.3) is 0 Å². The highest BCUT2D eigenvalue weighted by atomic mass is 32.2. The van der Waals surface area contributed by atoms with Crippen molar-refractivity contribution in [1.29, 1.82) is 0 Å². The van der Waals surface area contributed by atoms with Crippen molar-refractivity contribution in [2.24, 2.45) is 0 Å². The van der Waals surface area contributed by atoms with E-state index in [4.69, 9.17) is 9.47 Å². The lowest BCUT2D eigenvalue weighted by Crippen LogP contribution is -2.49. The first kappa shape index (κ1) is 16.2. The summed E-state index contributed by atoms with van der Waals surface area (Å²) in [5.74, 6) is 2.05. The quantitative estimate of drug-likeness (QED) is 0.731. The van der Waals surface area contributed by atoms with E-state index in [1.165, 1.54) is 10.6 Å². The Morgan fingerprint density at radius 2 is 1.91 bits per heavy atom. The van der Waals surface area contributed by atoms with Gasteiger partial charge >= 0.3 is 0 Å². The van der Waals surface area contributed by atoms with Gasteiger partial charge in [-0.25, -0.2) is 0 Å². The topological polar surface area (TPSA) is 21.7 Å². The van der Waals surface area contributed by atoms with E-state index in [1.54, 1.807) is 0 Å². The van der Waals surface area contributed by atoms with Gasteiger partial charge in [0.2, 0.25) is 0 Å². The number of rotatable bonds is 6. The predicted octanol–water partition coefficient (Wildman–Crippen LogP) is 4.43. The summed E-state index contributed by atoms with van der Waals surface area (Å²) >= 11 is 1.85. The molecule has 2 aromatic rings. The predicted molar refractivity (Wildman–Crippen MR) is 96.5 cm³/mol. The van der Waals surface area contributed by atoms with Crippen molar-refractivity contribution in [1.82, 2.24) is 0 Å². The first-order chi connectivity index (χ1) is 11.4. The number of anilines is 1. The summed E-state index contributed by atoms with van der Waals surface area (Å²) in [4.78, 5) is 3.48. The van der Waals surface area contributed by atoms with Gasteiger partial charge in [-0.3, -0.25) is 0 Å². The van der Waals surface area contributed by atoms with E-state index in [1.807, 2.05) is 23.9 Å². The van der Waals surface area contributed by atoms with E-state index < -0.39 is 0 Å². The van der Waals surface area contributed by atoms with Crippen LogP contribution in [0.2, 0.25) is 0 Å². The third-order valence-electron chi connectivity index (χ3n) is 3.75. The maximum atomic E-state index is 6.33. The van der Waals surface area contributed by atoms with Gasteiger partial charge < -0.3 is 14.4 Å². The monoisotopic (exact) mass is 329 g/mol. The first-order valence-electron chi connectivity index (χ1n) is 8.16. The number of hydrogen-bond donors (Lipinski definition) is 0. The van der Waals surface area contributed by atoms with Gasteiger partial charge in [0, 0.05) is 17.1 Å². The van der Waals surface area contributed by atoms with Crippen LogP contribution in [0.5, 0.6) is 5.75 Å². The summed E-state index contributed by atoms with van der Waals surface area (Å²) in [5.41, 5.74) is 1.18. The van der Waals surface area contributed by atoms with Crippen molar-refractivity contribution in [2.75, 3.05) is 30.4 Å². The molecule has 0 amide bonds. The van der Waals surface area contributed by atoms with Crippen molar-refractivity contribution < 1.29 is 9.47 Å². The normalized spacial score (nSPS) is 18.0. The zero-order valence-electron chi connectivity index (χ0n) is 13.5. The number of nitrogens with zero attached hydrogens (tertiary/aromatic N) is 1. The van der Waals surface area contributed by atoms with E-state index in [0.717, 1.165) is 31.1 Å². The number of hydrogen-bond acceptors (Lipinski definition) is 4. The Morgan fingerprint density at radius 1 is 1.13 bits per heavy atom. The van der Waals surface area contributed by atoms with Gasteiger partial charge in [-0.15, -0.1) is 11.8 Å². The highest BCUT2D eigenvalue weighted by Gasteiger charge is 2.25. The number of benzene rings is 2. The third-order valence-corrected chi connectivity index (χ3v) is 5.01. The number of para-hydroxylation sites is 2. The molecule has 0 bridgehead atoms. The smallest absolute Gasteiger partial charge is 0.196 e. The molecule has 0 radical (unpaired) electrons. The van der Waals surface area contributed by atoms with Crippen molar-refractivity contribution in [2.45, 2.75) is 24.5 Å². The summed E-state index contributed by atoms with van der Waals surface area (Å²) in [6, 6.07) is 18.7. The molecule has 122 valence electrons. The van der Waals surface area contributed by atoms with E-state index in [9.17, 15) is 0 Å². The molecule has 0 N–H and O–H groups in total. The van der Waals surface area contributed by atoms with Crippen LogP contribution in [0.15, 0.2) is 59.5 Å². The summed E-state index contributed by atoms with van der Waals surface area (Å²) < 4.78 is 12.0. The molecule has 2 aromatic carbocycles. The molecule has 0 aromatic heterocycles. The second-order valence-corrected chi connectivity index (χ2v) is 6.61. The Bertz CT molecular complexity index is 605. The van der Waals surface area contributed by atoms with Crippen molar-refractivity contribution in [3.8, 4) is 5.75 Å². The lowest BCUT2D eigenvalue weighted by Gasteiger charge is -2.37. The highest BCUT2D eigenvalue weighted by molar-refractivity contribution is 7.99. The van der Waals surface area contributed by atoms with Gasteiger partial charge in [-0.05, 0) is 36.4 Å². The van der Waals surface area contributed by atoms with Crippen molar-refractivity contribution in [3.05, 3.63) is 54.6 Å².